The van der Waals surface area contributed by atoms with Gasteiger partial charge in [-0.05, 0) is 25.5 Å². The zero-order chi connectivity index (χ0) is 12.0. The molecular weight excluding hydrogens is 202 g/mol. The Kier molecular flexibility index (Phi) is 4.45. The molecule has 0 bridgehead atoms. The summed E-state index contributed by atoms with van der Waals surface area (Å²) in [6.07, 6.45) is 2.15. The molecule has 3 heteroatoms. The second-order valence-electron chi connectivity index (χ2n) is 3.76. The Hall–Kier alpha value is -1.90. The largest absolute Gasteiger partial charge is 0.350 e. The molecule has 1 aromatic rings. The Morgan fingerprint density at radius 3 is 2.38 bits per heavy atom. The zero-order valence-electron chi connectivity index (χ0n) is 9.44. The maximum absolute atomic E-state index is 11.6. The Morgan fingerprint density at radius 1 is 1.25 bits per heavy atom. The van der Waals surface area contributed by atoms with Gasteiger partial charge in [-0.15, -0.1) is 0 Å². The van der Waals surface area contributed by atoms with Gasteiger partial charge in [0, 0.05) is 6.04 Å². The van der Waals surface area contributed by atoms with E-state index in [1.165, 1.54) is 0 Å². The summed E-state index contributed by atoms with van der Waals surface area (Å²) in [5.74, 6) is -0.339. The van der Waals surface area contributed by atoms with Crippen molar-refractivity contribution in [3.05, 3.63) is 41.5 Å². The topological polar surface area (TPSA) is 46.2 Å². The third-order valence-electron chi connectivity index (χ3n) is 1.93. The van der Waals surface area contributed by atoms with E-state index < -0.39 is 0 Å². The summed E-state index contributed by atoms with van der Waals surface area (Å²) in [6.45, 7) is 3.70. The van der Waals surface area contributed by atoms with Gasteiger partial charge in [0.15, 0.2) is 6.29 Å². The Balaban J connectivity index is 2.86. The summed E-state index contributed by atoms with van der Waals surface area (Å²) in [5.41, 5.74) is 0.975. The first kappa shape index (κ1) is 12.2. The van der Waals surface area contributed by atoms with Crippen molar-refractivity contribution in [3.8, 4) is 0 Å². The highest BCUT2D eigenvalue weighted by Crippen LogP contribution is 2.05. The van der Waals surface area contributed by atoms with Crippen molar-refractivity contribution in [3.63, 3.8) is 0 Å². The Bertz CT molecular complexity index is 394. The summed E-state index contributed by atoms with van der Waals surface area (Å²) in [4.78, 5) is 22.4. The molecule has 0 unspecified atom stereocenters. The molecule has 1 N–H and O–H groups in total. The van der Waals surface area contributed by atoms with Crippen molar-refractivity contribution in [2.45, 2.75) is 19.9 Å². The average Bonchev–Trinajstić information content (AvgIpc) is 2.26. The van der Waals surface area contributed by atoms with Crippen molar-refractivity contribution in [1.82, 2.24) is 5.32 Å². The predicted octanol–water partition coefficient (Wildman–Crippen LogP) is 1.79. The highest BCUT2D eigenvalue weighted by Gasteiger charge is 2.09. The molecule has 0 spiro atoms. The van der Waals surface area contributed by atoms with Crippen LogP contribution in [0, 0.1) is 0 Å². The van der Waals surface area contributed by atoms with Crippen LogP contribution in [0.15, 0.2) is 35.9 Å². The summed E-state index contributed by atoms with van der Waals surface area (Å²) in [7, 11) is 0. The lowest BCUT2D eigenvalue weighted by molar-refractivity contribution is -0.119. The van der Waals surface area contributed by atoms with E-state index in [0.29, 0.717) is 6.29 Å². The minimum Gasteiger partial charge on any atom is -0.350 e. The van der Waals surface area contributed by atoms with Crippen LogP contribution in [0.3, 0.4) is 0 Å². The maximum Gasteiger partial charge on any atom is 0.254 e. The fourth-order valence-electron chi connectivity index (χ4n) is 1.23. The number of amides is 1. The Morgan fingerprint density at radius 2 is 1.88 bits per heavy atom. The second-order valence-corrected chi connectivity index (χ2v) is 3.76. The van der Waals surface area contributed by atoms with Crippen molar-refractivity contribution in [1.29, 1.82) is 0 Å². The quantitative estimate of drug-likeness (QED) is 0.362. The molecule has 1 rings (SSSR count). The van der Waals surface area contributed by atoms with Gasteiger partial charge in [0.1, 0.15) is 0 Å². The van der Waals surface area contributed by atoms with Crippen molar-refractivity contribution < 1.29 is 9.59 Å². The van der Waals surface area contributed by atoms with Crippen LogP contribution >= 0.6 is 0 Å². The van der Waals surface area contributed by atoms with Gasteiger partial charge >= 0.3 is 0 Å². The zero-order valence-corrected chi connectivity index (χ0v) is 9.44. The van der Waals surface area contributed by atoms with Gasteiger partial charge in [-0.3, -0.25) is 9.59 Å². The molecule has 0 heterocycles. The number of hydrogen-bond acceptors (Lipinski definition) is 2. The monoisotopic (exact) mass is 217 g/mol. The standard InChI is InChI=1S/C13H15NO2/c1-10(2)14-13(16)12(9-15)8-11-6-4-3-5-7-11/h3-10H,1-2H3,(H,14,16). The van der Waals surface area contributed by atoms with E-state index in [0.717, 1.165) is 5.56 Å². The number of hydrogen-bond donors (Lipinski definition) is 1. The van der Waals surface area contributed by atoms with Gasteiger partial charge in [0.05, 0.1) is 5.57 Å². The Labute approximate surface area is 95.2 Å². The molecular formula is C13H15NO2. The number of rotatable bonds is 4. The summed E-state index contributed by atoms with van der Waals surface area (Å²) in [6, 6.07) is 9.29. The van der Waals surface area contributed by atoms with Gasteiger partial charge in [0.2, 0.25) is 0 Å². The van der Waals surface area contributed by atoms with Gasteiger partial charge in [-0.1, -0.05) is 30.3 Å². The molecule has 0 aromatic heterocycles. The molecule has 3 nitrogen and oxygen atoms in total. The molecule has 0 saturated carbocycles. The molecule has 1 amide bonds. The molecule has 16 heavy (non-hydrogen) atoms. The van der Waals surface area contributed by atoms with E-state index in [2.05, 4.69) is 5.32 Å². The third kappa shape index (κ3) is 3.69. The van der Waals surface area contributed by atoms with Crippen LogP contribution < -0.4 is 5.32 Å². The summed E-state index contributed by atoms with van der Waals surface area (Å²) in [5, 5.41) is 2.68. The van der Waals surface area contributed by atoms with Crippen LogP contribution in [0.5, 0.6) is 0 Å². The normalized spacial score (nSPS) is 11.3. The van der Waals surface area contributed by atoms with Gasteiger partial charge in [-0.2, -0.15) is 0 Å². The SMILES string of the molecule is CC(C)NC(=O)C(C=O)=Cc1ccccc1. The minimum atomic E-state index is -0.339. The number of aldehydes is 1. The molecule has 0 atom stereocenters. The second kappa shape index (κ2) is 5.85. The molecule has 1 aromatic carbocycles. The van der Waals surface area contributed by atoms with E-state index in [9.17, 15) is 9.59 Å². The molecule has 0 saturated heterocycles. The highest BCUT2D eigenvalue weighted by atomic mass is 16.2. The van der Waals surface area contributed by atoms with Gasteiger partial charge in [-0.25, -0.2) is 0 Å². The van der Waals surface area contributed by atoms with Crippen molar-refractivity contribution >= 4 is 18.3 Å². The fraction of sp³-hybridized carbons (Fsp3) is 0.231. The molecule has 0 fully saturated rings. The highest BCUT2D eigenvalue weighted by molar-refractivity contribution is 6.14. The molecule has 0 aliphatic rings. The minimum absolute atomic E-state index is 0.0200. The lowest BCUT2D eigenvalue weighted by atomic mass is 10.1. The first-order chi connectivity index (χ1) is 7.63. The first-order valence-electron chi connectivity index (χ1n) is 5.16. The molecule has 0 radical (unpaired) electrons. The van der Waals surface area contributed by atoms with E-state index >= 15 is 0 Å². The van der Waals surface area contributed by atoms with Crippen LogP contribution in [0.2, 0.25) is 0 Å². The van der Waals surface area contributed by atoms with Gasteiger partial charge in [0.25, 0.3) is 5.91 Å². The van der Waals surface area contributed by atoms with Crippen LogP contribution in [0.4, 0.5) is 0 Å². The van der Waals surface area contributed by atoms with Crippen LogP contribution in [-0.2, 0) is 9.59 Å². The van der Waals surface area contributed by atoms with Crippen LogP contribution in [-0.4, -0.2) is 18.2 Å². The first-order valence-corrected chi connectivity index (χ1v) is 5.16. The molecule has 0 aliphatic heterocycles. The van der Waals surface area contributed by atoms with E-state index in [1.807, 2.05) is 44.2 Å². The van der Waals surface area contributed by atoms with Crippen LogP contribution in [0.1, 0.15) is 19.4 Å². The number of nitrogens with one attached hydrogen (secondary N) is 1. The maximum atomic E-state index is 11.6. The van der Waals surface area contributed by atoms with Crippen molar-refractivity contribution in [2.75, 3.05) is 0 Å². The summed E-state index contributed by atoms with van der Waals surface area (Å²) < 4.78 is 0. The number of carbonyl (C=O) groups is 2. The molecule has 84 valence electrons. The lowest BCUT2D eigenvalue weighted by Crippen LogP contribution is -2.31. The number of benzene rings is 1. The number of carbonyl (C=O) groups excluding carboxylic acids is 2. The average molecular weight is 217 g/mol. The van der Waals surface area contributed by atoms with Crippen molar-refractivity contribution in [2.24, 2.45) is 0 Å². The lowest BCUT2D eigenvalue weighted by Gasteiger charge is -2.07. The smallest absolute Gasteiger partial charge is 0.254 e. The fourth-order valence-corrected chi connectivity index (χ4v) is 1.23. The van der Waals surface area contributed by atoms with Gasteiger partial charge < -0.3 is 5.32 Å². The predicted molar refractivity (Wildman–Crippen MR) is 63.8 cm³/mol. The van der Waals surface area contributed by atoms with Crippen LogP contribution in [0.25, 0.3) is 6.08 Å². The van der Waals surface area contributed by atoms with E-state index in [-0.39, 0.29) is 17.5 Å². The summed E-state index contributed by atoms with van der Waals surface area (Å²) >= 11 is 0. The van der Waals surface area contributed by atoms with E-state index in [4.69, 9.17) is 0 Å². The molecule has 0 aliphatic carbocycles. The van der Waals surface area contributed by atoms with E-state index in [1.54, 1.807) is 6.08 Å². The third-order valence-corrected chi connectivity index (χ3v) is 1.93.